The SMILES string of the molecule is Cc1cncnc1N1CC2CN(CC3(O)CCC3)CC2C1. The van der Waals surface area contributed by atoms with Crippen LogP contribution in [0.2, 0.25) is 0 Å². The first-order valence-electron chi connectivity index (χ1n) is 8.09. The van der Waals surface area contributed by atoms with Crippen molar-refractivity contribution in [1.29, 1.82) is 0 Å². The van der Waals surface area contributed by atoms with Crippen LogP contribution in [-0.2, 0) is 0 Å². The van der Waals surface area contributed by atoms with E-state index < -0.39 is 0 Å². The summed E-state index contributed by atoms with van der Waals surface area (Å²) in [7, 11) is 0. The lowest BCUT2D eigenvalue weighted by molar-refractivity contribution is -0.0557. The third-order valence-electron chi connectivity index (χ3n) is 5.53. The van der Waals surface area contributed by atoms with Gasteiger partial charge in [-0.2, -0.15) is 0 Å². The topological polar surface area (TPSA) is 52.5 Å². The molecule has 1 saturated carbocycles. The summed E-state index contributed by atoms with van der Waals surface area (Å²) in [6, 6.07) is 0. The van der Waals surface area contributed by atoms with Crippen LogP contribution in [0.1, 0.15) is 24.8 Å². The first-order valence-corrected chi connectivity index (χ1v) is 8.09. The van der Waals surface area contributed by atoms with E-state index in [2.05, 4.69) is 26.7 Å². The van der Waals surface area contributed by atoms with Gasteiger partial charge in [0.15, 0.2) is 0 Å². The Morgan fingerprint density at radius 1 is 1.24 bits per heavy atom. The van der Waals surface area contributed by atoms with Crippen LogP contribution >= 0.6 is 0 Å². The number of hydrogen-bond donors (Lipinski definition) is 1. The van der Waals surface area contributed by atoms with Crippen LogP contribution in [-0.4, -0.2) is 58.3 Å². The van der Waals surface area contributed by atoms with Crippen LogP contribution in [0.4, 0.5) is 5.82 Å². The lowest BCUT2D eigenvalue weighted by atomic mass is 9.80. The highest BCUT2D eigenvalue weighted by atomic mass is 16.3. The number of β-amino-alcohol motifs (C(OH)–C–C–N with tert-alkyl or cyclic N) is 1. The van der Waals surface area contributed by atoms with E-state index >= 15 is 0 Å². The Hall–Kier alpha value is -1.20. The Bertz CT molecular complexity index is 517. The standard InChI is InChI=1S/C16H24N4O/c1-12-5-17-11-18-15(12)20-8-13-6-19(7-14(13)9-20)10-16(21)3-2-4-16/h5,11,13-14,21H,2-4,6-10H2,1H3. The van der Waals surface area contributed by atoms with E-state index in [-0.39, 0.29) is 5.60 Å². The molecule has 0 bridgehead atoms. The van der Waals surface area contributed by atoms with Gasteiger partial charge in [-0.05, 0) is 38.0 Å². The van der Waals surface area contributed by atoms with Crippen LogP contribution in [0.5, 0.6) is 0 Å². The molecule has 2 saturated heterocycles. The van der Waals surface area contributed by atoms with Crippen molar-refractivity contribution < 1.29 is 5.11 Å². The molecule has 0 spiro atoms. The van der Waals surface area contributed by atoms with Gasteiger partial charge >= 0.3 is 0 Å². The summed E-state index contributed by atoms with van der Waals surface area (Å²) in [5, 5.41) is 10.3. The average molecular weight is 288 g/mol. The van der Waals surface area contributed by atoms with Gasteiger partial charge in [0.25, 0.3) is 0 Å². The van der Waals surface area contributed by atoms with E-state index in [1.54, 1.807) is 6.33 Å². The molecule has 2 unspecified atom stereocenters. The zero-order valence-electron chi connectivity index (χ0n) is 12.7. The fraction of sp³-hybridized carbons (Fsp3) is 0.750. The molecule has 5 heteroatoms. The number of hydrogen-bond acceptors (Lipinski definition) is 5. The Balaban J connectivity index is 1.38. The van der Waals surface area contributed by atoms with Gasteiger partial charge in [0.2, 0.25) is 0 Å². The summed E-state index contributed by atoms with van der Waals surface area (Å²) in [4.78, 5) is 13.4. The second-order valence-corrected chi connectivity index (χ2v) is 7.23. The second kappa shape index (κ2) is 4.92. The molecular formula is C16H24N4O. The van der Waals surface area contributed by atoms with Crippen molar-refractivity contribution in [3.63, 3.8) is 0 Å². The number of fused-ring (bicyclic) bond motifs is 1. The Morgan fingerprint density at radius 3 is 2.52 bits per heavy atom. The molecule has 2 atom stereocenters. The Labute approximate surface area is 126 Å². The maximum Gasteiger partial charge on any atom is 0.134 e. The van der Waals surface area contributed by atoms with Crippen molar-refractivity contribution in [1.82, 2.24) is 14.9 Å². The monoisotopic (exact) mass is 288 g/mol. The van der Waals surface area contributed by atoms with Crippen LogP contribution in [0.15, 0.2) is 12.5 Å². The molecule has 3 aliphatic rings. The van der Waals surface area contributed by atoms with Crippen molar-refractivity contribution in [3.8, 4) is 0 Å². The highest BCUT2D eigenvalue weighted by Gasteiger charge is 2.44. The van der Waals surface area contributed by atoms with Gasteiger partial charge in [-0.3, -0.25) is 4.90 Å². The normalized spacial score (nSPS) is 31.2. The summed E-state index contributed by atoms with van der Waals surface area (Å²) in [5.41, 5.74) is 0.791. The minimum absolute atomic E-state index is 0.373. The van der Waals surface area contributed by atoms with Crippen molar-refractivity contribution in [3.05, 3.63) is 18.1 Å². The Morgan fingerprint density at radius 2 is 1.95 bits per heavy atom. The van der Waals surface area contributed by atoms with E-state index in [1.807, 2.05) is 6.20 Å². The van der Waals surface area contributed by atoms with E-state index in [1.165, 1.54) is 6.42 Å². The van der Waals surface area contributed by atoms with Gasteiger partial charge in [0.05, 0.1) is 5.60 Å². The molecule has 4 rings (SSSR count). The molecule has 3 heterocycles. The minimum Gasteiger partial charge on any atom is -0.389 e. The molecular weight excluding hydrogens is 264 g/mol. The summed E-state index contributed by atoms with van der Waals surface area (Å²) in [6.07, 6.45) is 6.72. The quantitative estimate of drug-likeness (QED) is 0.901. The predicted octanol–water partition coefficient (Wildman–Crippen LogP) is 1.07. The zero-order valence-corrected chi connectivity index (χ0v) is 12.7. The molecule has 1 aliphatic carbocycles. The van der Waals surface area contributed by atoms with Gasteiger partial charge in [-0.25, -0.2) is 9.97 Å². The van der Waals surface area contributed by atoms with E-state index in [9.17, 15) is 5.11 Å². The number of aliphatic hydroxyl groups is 1. The maximum absolute atomic E-state index is 10.3. The molecule has 3 fully saturated rings. The van der Waals surface area contributed by atoms with Gasteiger partial charge in [-0.1, -0.05) is 0 Å². The average Bonchev–Trinajstić information content (AvgIpc) is 2.95. The molecule has 0 radical (unpaired) electrons. The third-order valence-corrected chi connectivity index (χ3v) is 5.53. The summed E-state index contributed by atoms with van der Waals surface area (Å²) in [5.74, 6) is 2.55. The lowest BCUT2D eigenvalue weighted by Crippen LogP contribution is -2.48. The number of nitrogens with zero attached hydrogens (tertiary/aromatic N) is 4. The molecule has 1 aromatic heterocycles. The molecule has 5 nitrogen and oxygen atoms in total. The molecule has 1 aromatic rings. The Kier molecular flexibility index (Phi) is 3.15. The van der Waals surface area contributed by atoms with E-state index in [0.29, 0.717) is 0 Å². The van der Waals surface area contributed by atoms with Crippen molar-refractivity contribution in [2.45, 2.75) is 31.8 Å². The number of aromatic nitrogens is 2. The van der Waals surface area contributed by atoms with Crippen LogP contribution in [0.25, 0.3) is 0 Å². The number of aryl methyl sites for hydroxylation is 1. The smallest absolute Gasteiger partial charge is 0.134 e. The molecule has 2 aliphatic heterocycles. The van der Waals surface area contributed by atoms with Crippen LogP contribution < -0.4 is 4.90 Å². The molecule has 21 heavy (non-hydrogen) atoms. The third kappa shape index (κ3) is 2.42. The lowest BCUT2D eigenvalue weighted by Gasteiger charge is -2.40. The number of anilines is 1. The van der Waals surface area contributed by atoms with Gasteiger partial charge < -0.3 is 10.0 Å². The number of rotatable bonds is 3. The molecule has 1 N–H and O–H groups in total. The fourth-order valence-corrected chi connectivity index (χ4v) is 4.28. The van der Waals surface area contributed by atoms with Crippen molar-refractivity contribution in [2.24, 2.45) is 11.8 Å². The van der Waals surface area contributed by atoms with Crippen molar-refractivity contribution >= 4 is 5.82 Å². The van der Waals surface area contributed by atoms with E-state index in [0.717, 1.165) is 68.8 Å². The van der Waals surface area contributed by atoms with Gasteiger partial charge in [-0.15, -0.1) is 0 Å². The van der Waals surface area contributed by atoms with Crippen LogP contribution in [0, 0.1) is 18.8 Å². The predicted molar refractivity (Wildman–Crippen MR) is 81.2 cm³/mol. The summed E-state index contributed by atoms with van der Waals surface area (Å²) in [6.45, 7) is 7.42. The van der Waals surface area contributed by atoms with Crippen molar-refractivity contribution in [2.75, 3.05) is 37.6 Å². The summed E-state index contributed by atoms with van der Waals surface area (Å²) >= 11 is 0. The first kappa shape index (κ1) is 13.5. The zero-order chi connectivity index (χ0) is 14.4. The first-order chi connectivity index (χ1) is 10.1. The highest BCUT2D eigenvalue weighted by molar-refractivity contribution is 5.46. The maximum atomic E-state index is 10.3. The van der Waals surface area contributed by atoms with E-state index in [4.69, 9.17) is 0 Å². The highest BCUT2D eigenvalue weighted by Crippen LogP contribution is 2.37. The summed E-state index contributed by atoms with van der Waals surface area (Å²) < 4.78 is 0. The molecule has 0 aromatic carbocycles. The van der Waals surface area contributed by atoms with Crippen LogP contribution in [0.3, 0.4) is 0 Å². The molecule has 0 amide bonds. The largest absolute Gasteiger partial charge is 0.389 e. The number of likely N-dealkylation sites (tertiary alicyclic amines) is 1. The fourth-order valence-electron chi connectivity index (χ4n) is 4.28. The van der Waals surface area contributed by atoms with Gasteiger partial charge in [0, 0.05) is 44.5 Å². The minimum atomic E-state index is -0.373. The van der Waals surface area contributed by atoms with Gasteiger partial charge in [0.1, 0.15) is 12.1 Å². The second-order valence-electron chi connectivity index (χ2n) is 7.23. The molecule has 114 valence electrons.